The summed E-state index contributed by atoms with van der Waals surface area (Å²) in [5.74, 6) is 1.21. The van der Waals surface area contributed by atoms with Crippen molar-refractivity contribution in [1.82, 2.24) is 14.6 Å². The van der Waals surface area contributed by atoms with Crippen LogP contribution in [0.3, 0.4) is 0 Å². The zero-order chi connectivity index (χ0) is 20.7. The summed E-state index contributed by atoms with van der Waals surface area (Å²) in [6.07, 6.45) is 10.1. The van der Waals surface area contributed by atoms with E-state index in [1.807, 2.05) is 23.8 Å². The van der Waals surface area contributed by atoms with E-state index in [1.54, 1.807) is 0 Å². The van der Waals surface area contributed by atoms with Crippen LogP contribution in [-0.4, -0.2) is 33.6 Å². The smallest absolute Gasteiger partial charge is 0.227 e. The summed E-state index contributed by atoms with van der Waals surface area (Å²) in [7, 11) is 0. The molecule has 0 atom stereocenters. The number of nitrogens with zero attached hydrogens (tertiary/aromatic N) is 4. The van der Waals surface area contributed by atoms with Crippen LogP contribution in [0.4, 0.5) is 11.5 Å². The van der Waals surface area contributed by atoms with Gasteiger partial charge in [0.05, 0.1) is 5.69 Å². The summed E-state index contributed by atoms with van der Waals surface area (Å²) >= 11 is 0. The number of carbonyl (C=O) groups excluding carboxylic acids is 1. The Balaban J connectivity index is 1.31. The first kappa shape index (κ1) is 19.1. The second-order valence-electron chi connectivity index (χ2n) is 8.75. The van der Waals surface area contributed by atoms with E-state index in [0.717, 1.165) is 61.4 Å². The molecule has 1 aliphatic carbocycles. The van der Waals surface area contributed by atoms with Crippen LogP contribution in [0.1, 0.15) is 48.1 Å². The third kappa shape index (κ3) is 3.44. The van der Waals surface area contributed by atoms with Crippen molar-refractivity contribution < 1.29 is 4.79 Å². The molecular formula is C24H29N5O. The summed E-state index contributed by atoms with van der Waals surface area (Å²) in [5.41, 5.74) is 6.98. The standard InChI is InChI=1S/C24H29N5O/c1-16-7-8-17(2)21(15-16)26-24(30)18-9-12-28(13-10-18)23-22-19-5-3-4-6-20(19)27-29(22)14-11-25-23/h7-8,11,14-15,18H,3-6,9-10,12-13H2,1-2H3,(H,26,30). The molecule has 2 aliphatic rings. The van der Waals surface area contributed by atoms with Crippen LogP contribution in [0.15, 0.2) is 30.6 Å². The highest BCUT2D eigenvalue weighted by atomic mass is 16.1. The van der Waals surface area contributed by atoms with Crippen molar-refractivity contribution in [3.63, 3.8) is 0 Å². The molecule has 3 aromatic rings. The van der Waals surface area contributed by atoms with E-state index in [0.29, 0.717) is 0 Å². The van der Waals surface area contributed by atoms with E-state index in [2.05, 4.69) is 35.3 Å². The molecule has 1 N–H and O–H groups in total. The maximum Gasteiger partial charge on any atom is 0.227 e. The van der Waals surface area contributed by atoms with Gasteiger partial charge in [0.15, 0.2) is 5.82 Å². The minimum absolute atomic E-state index is 0.0414. The van der Waals surface area contributed by atoms with E-state index in [9.17, 15) is 4.79 Å². The third-order valence-corrected chi connectivity index (χ3v) is 6.61. The summed E-state index contributed by atoms with van der Waals surface area (Å²) < 4.78 is 2.01. The fraction of sp³-hybridized carbons (Fsp3) is 0.458. The van der Waals surface area contributed by atoms with Crippen LogP contribution in [0.5, 0.6) is 0 Å². The molecule has 0 unspecified atom stereocenters. The molecule has 6 heteroatoms. The highest BCUT2D eigenvalue weighted by molar-refractivity contribution is 5.93. The van der Waals surface area contributed by atoms with Crippen LogP contribution < -0.4 is 10.2 Å². The zero-order valence-electron chi connectivity index (χ0n) is 17.8. The first-order valence-corrected chi connectivity index (χ1v) is 11.1. The quantitative estimate of drug-likeness (QED) is 0.716. The summed E-state index contributed by atoms with van der Waals surface area (Å²) in [6, 6.07) is 6.19. The molecule has 1 aliphatic heterocycles. The lowest BCUT2D eigenvalue weighted by Crippen LogP contribution is -2.39. The molecule has 1 fully saturated rings. The number of rotatable bonds is 3. The number of hydrogen-bond donors (Lipinski definition) is 1. The molecule has 6 nitrogen and oxygen atoms in total. The molecule has 156 valence electrons. The lowest BCUT2D eigenvalue weighted by molar-refractivity contribution is -0.120. The topological polar surface area (TPSA) is 62.5 Å². The van der Waals surface area contributed by atoms with Crippen LogP contribution in [0.2, 0.25) is 0 Å². The van der Waals surface area contributed by atoms with Gasteiger partial charge in [0.1, 0.15) is 5.52 Å². The SMILES string of the molecule is Cc1ccc(C)c(NC(=O)C2CCN(c3nccn4nc5c(c34)CCCC5)CC2)c1. The Hall–Kier alpha value is -2.89. The molecule has 0 radical (unpaired) electrons. The maximum atomic E-state index is 12.9. The van der Waals surface area contributed by atoms with Gasteiger partial charge in [0.2, 0.25) is 5.91 Å². The molecule has 0 saturated carbocycles. The van der Waals surface area contributed by atoms with Crippen molar-refractivity contribution in [2.24, 2.45) is 5.92 Å². The number of hydrogen-bond acceptors (Lipinski definition) is 4. The first-order valence-electron chi connectivity index (χ1n) is 11.1. The van der Waals surface area contributed by atoms with Crippen LogP contribution in [0.25, 0.3) is 5.52 Å². The molecule has 1 amide bonds. The highest BCUT2D eigenvalue weighted by Crippen LogP contribution is 2.32. The van der Waals surface area contributed by atoms with Gasteiger partial charge in [0.25, 0.3) is 0 Å². The van der Waals surface area contributed by atoms with E-state index in [-0.39, 0.29) is 11.8 Å². The van der Waals surface area contributed by atoms with Crippen molar-refractivity contribution in [3.8, 4) is 0 Å². The van der Waals surface area contributed by atoms with Gasteiger partial charge in [0, 0.05) is 42.7 Å². The van der Waals surface area contributed by atoms with E-state index in [1.165, 1.54) is 29.6 Å². The van der Waals surface area contributed by atoms with Crippen molar-refractivity contribution >= 4 is 22.9 Å². The molecule has 1 saturated heterocycles. The summed E-state index contributed by atoms with van der Waals surface area (Å²) in [4.78, 5) is 20.0. The number of aromatic nitrogens is 3. The molecule has 1 aromatic carbocycles. The fourth-order valence-corrected chi connectivity index (χ4v) is 4.84. The maximum absolute atomic E-state index is 12.9. The van der Waals surface area contributed by atoms with Gasteiger partial charge in [-0.3, -0.25) is 4.79 Å². The minimum Gasteiger partial charge on any atom is -0.355 e. The normalized spacial score (nSPS) is 17.2. The minimum atomic E-state index is 0.0414. The predicted molar refractivity (Wildman–Crippen MR) is 119 cm³/mol. The molecule has 0 bridgehead atoms. The monoisotopic (exact) mass is 403 g/mol. The second kappa shape index (κ2) is 7.74. The van der Waals surface area contributed by atoms with Gasteiger partial charge in [-0.2, -0.15) is 5.10 Å². The number of amides is 1. The summed E-state index contributed by atoms with van der Waals surface area (Å²) in [6.45, 7) is 5.78. The van der Waals surface area contributed by atoms with Crippen molar-refractivity contribution in [3.05, 3.63) is 53.0 Å². The Kier molecular flexibility index (Phi) is 4.93. The Morgan fingerprint density at radius 3 is 2.77 bits per heavy atom. The molecule has 3 heterocycles. The summed E-state index contributed by atoms with van der Waals surface area (Å²) in [5, 5.41) is 7.95. The van der Waals surface area contributed by atoms with Gasteiger partial charge in [-0.15, -0.1) is 0 Å². The highest BCUT2D eigenvalue weighted by Gasteiger charge is 2.28. The van der Waals surface area contributed by atoms with Crippen molar-refractivity contribution in [2.75, 3.05) is 23.3 Å². The number of carbonyl (C=O) groups is 1. The van der Waals surface area contributed by atoms with Gasteiger partial charge in [-0.25, -0.2) is 9.50 Å². The van der Waals surface area contributed by atoms with E-state index < -0.39 is 0 Å². The Labute approximate surface area is 177 Å². The Morgan fingerprint density at radius 2 is 1.93 bits per heavy atom. The average molecular weight is 404 g/mol. The van der Waals surface area contributed by atoms with Crippen LogP contribution in [-0.2, 0) is 17.6 Å². The van der Waals surface area contributed by atoms with E-state index in [4.69, 9.17) is 10.1 Å². The van der Waals surface area contributed by atoms with Crippen molar-refractivity contribution in [2.45, 2.75) is 52.4 Å². The molecule has 5 rings (SSSR count). The zero-order valence-corrected chi connectivity index (χ0v) is 17.8. The lowest BCUT2D eigenvalue weighted by atomic mass is 9.94. The molecule has 2 aromatic heterocycles. The van der Waals surface area contributed by atoms with Crippen LogP contribution in [0, 0.1) is 19.8 Å². The predicted octanol–water partition coefficient (Wildman–Crippen LogP) is 4.08. The van der Waals surface area contributed by atoms with Crippen molar-refractivity contribution in [1.29, 1.82) is 0 Å². The van der Waals surface area contributed by atoms with Crippen LogP contribution >= 0.6 is 0 Å². The number of nitrogens with one attached hydrogen (secondary N) is 1. The van der Waals surface area contributed by atoms with Gasteiger partial charge in [-0.05, 0) is 69.6 Å². The molecule has 0 spiro atoms. The fourth-order valence-electron chi connectivity index (χ4n) is 4.84. The largest absolute Gasteiger partial charge is 0.355 e. The number of anilines is 2. The average Bonchev–Trinajstić information content (AvgIpc) is 3.15. The Morgan fingerprint density at radius 1 is 1.13 bits per heavy atom. The Bertz CT molecular complexity index is 1090. The number of benzene rings is 1. The molecular weight excluding hydrogens is 374 g/mol. The number of piperidine rings is 1. The molecule has 30 heavy (non-hydrogen) atoms. The van der Waals surface area contributed by atoms with E-state index >= 15 is 0 Å². The van der Waals surface area contributed by atoms with Gasteiger partial charge < -0.3 is 10.2 Å². The number of aryl methyl sites for hydroxylation is 4. The van der Waals surface area contributed by atoms with Gasteiger partial charge in [-0.1, -0.05) is 12.1 Å². The van der Waals surface area contributed by atoms with Gasteiger partial charge >= 0.3 is 0 Å². The lowest BCUT2D eigenvalue weighted by Gasteiger charge is -2.32. The first-order chi connectivity index (χ1) is 14.6. The number of fused-ring (bicyclic) bond motifs is 3. The second-order valence-corrected chi connectivity index (χ2v) is 8.75. The third-order valence-electron chi connectivity index (χ3n) is 6.61.